The van der Waals surface area contributed by atoms with Gasteiger partial charge in [-0.1, -0.05) is 0 Å². The van der Waals surface area contributed by atoms with Gasteiger partial charge in [0.15, 0.2) is 0 Å². The third-order valence-electron chi connectivity index (χ3n) is 2.88. The Morgan fingerprint density at radius 2 is 1.58 bits per heavy atom. The maximum absolute atomic E-state index is 5.95. The minimum atomic E-state index is -0.135. The van der Waals surface area contributed by atoms with Crippen molar-refractivity contribution in [3.8, 4) is 0 Å². The van der Waals surface area contributed by atoms with Gasteiger partial charge in [0.1, 0.15) is 11.2 Å². The van der Waals surface area contributed by atoms with Gasteiger partial charge in [0, 0.05) is 11.1 Å². The van der Waals surface area contributed by atoms with Crippen molar-refractivity contribution in [3.63, 3.8) is 0 Å². The van der Waals surface area contributed by atoms with Gasteiger partial charge in [-0.05, 0) is 36.8 Å². The van der Waals surface area contributed by atoms with E-state index in [0.29, 0.717) is 0 Å². The van der Waals surface area contributed by atoms with Crippen molar-refractivity contribution in [2.45, 2.75) is 25.0 Å². The number of ether oxygens (including phenoxy) is 1. The highest BCUT2D eigenvalue weighted by Crippen LogP contribution is 2.54. The zero-order valence-corrected chi connectivity index (χ0v) is 7.94. The Morgan fingerprint density at radius 3 is 2.08 bits per heavy atom. The van der Waals surface area contributed by atoms with Gasteiger partial charge < -0.3 is 4.74 Å². The van der Waals surface area contributed by atoms with Gasteiger partial charge in [0.25, 0.3) is 0 Å². The maximum Gasteiger partial charge on any atom is 0.111 e. The zero-order valence-electron chi connectivity index (χ0n) is 7.13. The van der Waals surface area contributed by atoms with Crippen molar-refractivity contribution in [2.75, 3.05) is 0 Å². The molecule has 0 saturated carbocycles. The van der Waals surface area contributed by atoms with Gasteiger partial charge in [0.05, 0.1) is 0 Å². The average molecular weight is 178 g/mol. The van der Waals surface area contributed by atoms with Crippen LogP contribution >= 0.6 is 11.3 Å². The summed E-state index contributed by atoms with van der Waals surface area (Å²) >= 11 is 1.77. The molecule has 0 aromatic carbocycles. The van der Waals surface area contributed by atoms with Gasteiger partial charge in [-0.15, -0.1) is 0 Å². The largest absolute Gasteiger partial charge is 0.351 e. The molecule has 0 fully saturated rings. The molecule has 3 heterocycles. The molecule has 62 valence electrons. The average Bonchev–Trinajstić information content (AvgIpc) is 2.58. The molecule has 0 N–H and O–H groups in total. The molecule has 1 aromatic rings. The van der Waals surface area contributed by atoms with Crippen molar-refractivity contribution in [1.29, 1.82) is 0 Å². The van der Waals surface area contributed by atoms with Crippen molar-refractivity contribution < 1.29 is 4.74 Å². The molecule has 1 nitrogen and oxygen atoms in total. The molecule has 0 radical (unpaired) electrons. The summed E-state index contributed by atoms with van der Waals surface area (Å²) in [5, 5.41) is 4.40. The van der Waals surface area contributed by atoms with Crippen LogP contribution in [0.1, 0.15) is 25.0 Å². The van der Waals surface area contributed by atoms with Crippen LogP contribution in [0.25, 0.3) is 0 Å². The summed E-state index contributed by atoms with van der Waals surface area (Å²) in [5.74, 6) is 0. The molecule has 0 spiro atoms. The molecule has 3 rings (SSSR count). The summed E-state index contributed by atoms with van der Waals surface area (Å²) in [5.41, 5.74) is 2.45. The van der Waals surface area contributed by atoms with E-state index in [-0.39, 0.29) is 11.2 Å². The second kappa shape index (κ2) is 1.68. The molecular formula is C10H10OS. The summed E-state index contributed by atoms with van der Waals surface area (Å²) < 4.78 is 5.95. The van der Waals surface area contributed by atoms with E-state index >= 15 is 0 Å². The van der Waals surface area contributed by atoms with Crippen LogP contribution in [0.15, 0.2) is 22.9 Å². The standard InChI is InChI=1S/C10H10OS/c1-9-3-4-10(2,11-9)8-6-12-5-7(8)9/h3-6H,1-2H3. The number of fused-ring (bicyclic) bond motifs is 5. The van der Waals surface area contributed by atoms with Gasteiger partial charge in [0.2, 0.25) is 0 Å². The first-order valence-corrected chi connectivity index (χ1v) is 5.06. The summed E-state index contributed by atoms with van der Waals surface area (Å²) in [6, 6.07) is 0. The van der Waals surface area contributed by atoms with Gasteiger partial charge >= 0.3 is 0 Å². The first-order chi connectivity index (χ1) is 5.64. The minimum absolute atomic E-state index is 0.135. The van der Waals surface area contributed by atoms with Crippen molar-refractivity contribution in [3.05, 3.63) is 34.0 Å². The number of thiophene rings is 1. The first-order valence-electron chi connectivity index (χ1n) is 4.12. The fourth-order valence-corrected chi connectivity index (χ4v) is 3.24. The van der Waals surface area contributed by atoms with Crippen LogP contribution in [0.2, 0.25) is 0 Å². The molecule has 0 saturated heterocycles. The predicted molar refractivity (Wildman–Crippen MR) is 49.2 cm³/mol. The van der Waals surface area contributed by atoms with E-state index in [1.807, 2.05) is 0 Å². The molecule has 0 amide bonds. The lowest BCUT2D eigenvalue weighted by Crippen LogP contribution is -2.17. The lowest BCUT2D eigenvalue weighted by atomic mass is 9.87. The van der Waals surface area contributed by atoms with Crippen molar-refractivity contribution in [1.82, 2.24) is 0 Å². The van der Waals surface area contributed by atoms with Crippen LogP contribution in [0.3, 0.4) is 0 Å². The highest BCUT2D eigenvalue weighted by Gasteiger charge is 2.50. The molecule has 2 atom stereocenters. The second-order valence-electron chi connectivity index (χ2n) is 3.85. The zero-order chi connectivity index (χ0) is 8.40. The Kier molecular flexibility index (Phi) is 0.960. The molecule has 2 heteroatoms. The van der Waals surface area contributed by atoms with E-state index in [4.69, 9.17) is 4.74 Å². The lowest BCUT2D eigenvalue weighted by Gasteiger charge is -2.18. The highest BCUT2D eigenvalue weighted by molar-refractivity contribution is 7.08. The van der Waals surface area contributed by atoms with E-state index < -0.39 is 0 Å². The van der Waals surface area contributed by atoms with Gasteiger partial charge in [-0.25, -0.2) is 0 Å². The predicted octanol–water partition coefficient (Wildman–Crippen LogP) is 2.78. The Labute approximate surface area is 75.7 Å². The molecular weight excluding hydrogens is 168 g/mol. The molecule has 12 heavy (non-hydrogen) atoms. The van der Waals surface area contributed by atoms with Crippen molar-refractivity contribution in [2.24, 2.45) is 0 Å². The van der Waals surface area contributed by atoms with Gasteiger partial charge in [-0.2, -0.15) is 11.3 Å². The molecule has 2 unspecified atom stereocenters. The van der Waals surface area contributed by atoms with Crippen molar-refractivity contribution >= 4 is 11.3 Å². The Morgan fingerprint density at radius 1 is 1.08 bits per heavy atom. The number of hydrogen-bond acceptors (Lipinski definition) is 2. The normalized spacial score (nSPS) is 42.2. The lowest BCUT2D eigenvalue weighted by molar-refractivity contribution is -0.0495. The second-order valence-corrected chi connectivity index (χ2v) is 4.59. The first kappa shape index (κ1) is 6.87. The highest BCUT2D eigenvalue weighted by atomic mass is 32.1. The van der Waals surface area contributed by atoms with Crippen LogP contribution < -0.4 is 0 Å². The molecule has 2 aliphatic heterocycles. The third kappa shape index (κ3) is 0.560. The van der Waals surface area contributed by atoms with E-state index in [2.05, 4.69) is 36.8 Å². The van der Waals surface area contributed by atoms with Crippen LogP contribution in [0.4, 0.5) is 0 Å². The molecule has 0 aliphatic carbocycles. The minimum Gasteiger partial charge on any atom is -0.351 e. The Balaban J connectivity index is 2.36. The SMILES string of the molecule is CC12C=CC(C)(O1)c1cscc12. The van der Waals surface area contributed by atoms with E-state index in [0.717, 1.165) is 0 Å². The monoisotopic (exact) mass is 178 g/mol. The number of hydrogen-bond donors (Lipinski definition) is 0. The fraction of sp³-hybridized carbons (Fsp3) is 0.400. The van der Waals surface area contributed by atoms with E-state index in [1.165, 1.54) is 11.1 Å². The fourth-order valence-electron chi connectivity index (χ4n) is 2.18. The van der Waals surface area contributed by atoms with Crippen LogP contribution in [-0.2, 0) is 15.9 Å². The van der Waals surface area contributed by atoms with Crippen LogP contribution in [0, 0.1) is 0 Å². The van der Waals surface area contributed by atoms with Crippen LogP contribution in [-0.4, -0.2) is 0 Å². The van der Waals surface area contributed by atoms with E-state index in [1.54, 1.807) is 11.3 Å². The smallest absolute Gasteiger partial charge is 0.111 e. The summed E-state index contributed by atoms with van der Waals surface area (Å²) in [4.78, 5) is 0. The molecule has 2 bridgehead atoms. The summed E-state index contributed by atoms with van der Waals surface area (Å²) in [6.07, 6.45) is 4.34. The topological polar surface area (TPSA) is 9.23 Å². The quantitative estimate of drug-likeness (QED) is 0.555. The van der Waals surface area contributed by atoms with E-state index in [9.17, 15) is 0 Å². The number of rotatable bonds is 0. The maximum atomic E-state index is 5.95. The molecule has 1 aromatic heterocycles. The third-order valence-corrected chi connectivity index (χ3v) is 3.62. The summed E-state index contributed by atoms with van der Waals surface area (Å²) in [6.45, 7) is 4.26. The molecule has 2 aliphatic rings. The van der Waals surface area contributed by atoms with Gasteiger partial charge in [-0.3, -0.25) is 0 Å². The van der Waals surface area contributed by atoms with Crippen LogP contribution in [0.5, 0.6) is 0 Å². The summed E-state index contributed by atoms with van der Waals surface area (Å²) in [7, 11) is 0. The Hall–Kier alpha value is -0.600. The Bertz CT molecular complexity index is 346.